The lowest BCUT2D eigenvalue weighted by atomic mass is 10.1. The Balaban J connectivity index is 4.09. The average Bonchev–Trinajstić information content (AvgIpc) is 2.16. The topological polar surface area (TPSA) is 17.1 Å². The third kappa shape index (κ3) is 7.98. The summed E-state index contributed by atoms with van der Waals surface area (Å²) in [7, 11) is 0. The summed E-state index contributed by atoms with van der Waals surface area (Å²) in [5.41, 5.74) is 3.20. The van der Waals surface area contributed by atoms with E-state index in [1.807, 2.05) is 6.08 Å². The number of carbonyl (C=O) groups excluding carboxylic acids is 1. The van der Waals surface area contributed by atoms with E-state index in [1.54, 1.807) is 19.1 Å². The molecule has 0 rings (SSSR count). The van der Waals surface area contributed by atoms with E-state index < -0.39 is 0 Å². The van der Waals surface area contributed by atoms with Gasteiger partial charge in [0.05, 0.1) is 0 Å². The molecule has 0 saturated carbocycles. The first-order valence-electron chi connectivity index (χ1n) is 5.60. The summed E-state index contributed by atoms with van der Waals surface area (Å²) in [6.07, 6.45) is 9.67. The van der Waals surface area contributed by atoms with Crippen LogP contribution in [-0.4, -0.2) is 5.78 Å². The van der Waals surface area contributed by atoms with Gasteiger partial charge in [-0.25, -0.2) is 0 Å². The van der Waals surface area contributed by atoms with Gasteiger partial charge in [0.2, 0.25) is 0 Å². The lowest BCUT2D eigenvalue weighted by Crippen LogP contribution is -1.90. The Labute approximate surface area is 99.3 Å². The molecule has 0 aromatic rings. The first-order valence-corrected chi connectivity index (χ1v) is 5.60. The molecule has 1 nitrogen and oxygen atoms in total. The van der Waals surface area contributed by atoms with Crippen molar-refractivity contribution in [3.63, 3.8) is 0 Å². The highest BCUT2D eigenvalue weighted by atomic mass is 16.1. The third-order valence-corrected chi connectivity index (χ3v) is 2.14. The van der Waals surface area contributed by atoms with Crippen molar-refractivity contribution in [3.05, 3.63) is 47.6 Å². The van der Waals surface area contributed by atoms with Crippen LogP contribution in [0.1, 0.15) is 40.5 Å². The molecule has 88 valence electrons. The fourth-order valence-corrected chi connectivity index (χ4v) is 1.11. The van der Waals surface area contributed by atoms with Crippen LogP contribution >= 0.6 is 0 Å². The molecule has 16 heavy (non-hydrogen) atoms. The van der Waals surface area contributed by atoms with Gasteiger partial charge >= 0.3 is 0 Å². The van der Waals surface area contributed by atoms with E-state index in [1.165, 1.54) is 11.1 Å². The second-order valence-corrected chi connectivity index (χ2v) is 4.34. The quantitative estimate of drug-likeness (QED) is 0.367. The highest BCUT2D eigenvalue weighted by Gasteiger charge is 1.93. The number of rotatable bonds is 6. The second-order valence-electron chi connectivity index (χ2n) is 4.34. The average molecular weight is 218 g/mol. The molecular formula is C15H22O. The maximum atomic E-state index is 11.2. The van der Waals surface area contributed by atoms with Crippen LogP contribution in [0.2, 0.25) is 0 Å². The highest BCUT2D eigenvalue weighted by molar-refractivity contribution is 6.03. The van der Waals surface area contributed by atoms with Crippen LogP contribution in [0.4, 0.5) is 0 Å². The van der Waals surface area contributed by atoms with Crippen molar-refractivity contribution in [2.45, 2.75) is 40.5 Å². The van der Waals surface area contributed by atoms with Crippen molar-refractivity contribution < 1.29 is 4.79 Å². The molecular weight excluding hydrogens is 196 g/mol. The summed E-state index contributed by atoms with van der Waals surface area (Å²) in [6.45, 7) is 11.6. The second kappa shape index (κ2) is 7.86. The maximum Gasteiger partial charge on any atom is 0.180 e. The highest BCUT2D eigenvalue weighted by Crippen LogP contribution is 2.06. The molecule has 0 amide bonds. The minimum Gasteiger partial charge on any atom is -0.290 e. The van der Waals surface area contributed by atoms with Crippen LogP contribution in [0, 0.1) is 0 Å². The van der Waals surface area contributed by atoms with Crippen molar-refractivity contribution >= 4 is 5.78 Å². The van der Waals surface area contributed by atoms with Crippen molar-refractivity contribution in [2.24, 2.45) is 0 Å². The van der Waals surface area contributed by atoms with Gasteiger partial charge in [-0.05, 0) is 52.2 Å². The molecule has 0 atom stereocenters. The number of ketones is 1. The molecule has 0 unspecified atom stereocenters. The van der Waals surface area contributed by atoms with Gasteiger partial charge in [0.25, 0.3) is 0 Å². The Morgan fingerprint density at radius 3 is 2.31 bits per heavy atom. The smallest absolute Gasteiger partial charge is 0.180 e. The summed E-state index contributed by atoms with van der Waals surface area (Å²) in [5.74, 6) is -0.00616. The minimum absolute atomic E-state index is 0.00616. The van der Waals surface area contributed by atoms with E-state index in [-0.39, 0.29) is 5.78 Å². The summed E-state index contributed by atoms with van der Waals surface area (Å²) in [5, 5.41) is 0. The van der Waals surface area contributed by atoms with Crippen LogP contribution < -0.4 is 0 Å². The molecule has 1 heteroatoms. The van der Waals surface area contributed by atoms with E-state index >= 15 is 0 Å². The van der Waals surface area contributed by atoms with Crippen molar-refractivity contribution in [1.82, 2.24) is 0 Å². The summed E-state index contributed by atoms with van der Waals surface area (Å²) < 4.78 is 0. The zero-order valence-corrected chi connectivity index (χ0v) is 10.8. The van der Waals surface area contributed by atoms with Crippen molar-refractivity contribution in [3.8, 4) is 0 Å². The molecule has 0 spiro atoms. The van der Waals surface area contributed by atoms with E-state index in [9.17, 15) is 4.79 Å². The van der Waals surface area contributed by atoms with E-state index in [4.69, 9.17) is 0 Å². The van der Waals surface area contributed by atoms with Gasteiger partial charge in [0.15, 0.2) is 5.78 Å². The Morgan fingerprint density at radius 1 is 1.19 bits per heavy atom. The molecule has 0 bridgehead atoms. The summed E-state index contributed by atoms with van der Waals surface area (Å²) in [4.78, 5) is 11.2. The Bertz CT molecular complexity index is 336. The zero-order chi connectivity index (χ0) is 12.6. The molecule has 0 aromatic heterocycles. The molecule has 0 aliphatic heterocycles. The number of hydrogen-bond acceptors (Lipinski definition) is 1. The van der Waals surface area contributed by atoms with E-state index in [2.05, 4.69) is 33.4 Å². The lowest BCUT2D eigenvalue weighted by molar-refractivity contribution is -0.111. The predicted octanol–water partition coefficient (Wildman–Crippen LogP) is 4.38. The van der Waals surface area contributed by atoms with Crippen molar-refractivity contribution in [1.29, 1.82) is 0 Å². The van der Waals surface area contributed by atoms with Gasteiger partial charge in [-0.2, -0.15) is 0 Å². The third-order valence-electron chi connectivity index (χ3n) is 2.14. The SMILES string of the molecule is C=C(C)C(=O)/C=C/C=C(\C)CCC=C(C)C. The van der Waals surface area contributed by atoms with Crippen LogP contribution in [-0.2, 0) is 4.79 Å². The first kappa shape index (κ1) is 14.6. The number of hydrogen-bond donors (Lipinski definition) is 0. The van der Waals surface area contributed by atoms with E-state index in [0.29, 0.717) is 5.57 Å². The fourth-order valence-electron chi connectivity index (χ4n) is 1.11. The molecule has 0 fully saturated rings. The Kier molecular flexibility index (Phi) is 7.19. The Hall–Kier alpha value is -1.37. The van der Waals surface area contributed by atoms with Crippen molar-refractivity contribution in [2.75, 3.05) is 0 Å². The van der Waals surface area contributed by atoms with Gasteiger partial charge < -0.3 is 0 Å². The van der Waals surface area contributed by atoms with Gasteiger partial charge in [-0.1, -0.05) is 36.0 Å². The Morgan fingerprint density at radius 2 is 1.81 bits per heavy atom. The minimum atomic E-state index is -0.00616. The lowest BCUT2D eigenvalue weighted by Gasteiger charge is -1.96. The molecule has 0 heterocycles. The van der Waals surface area contributed by atoms with Gasteiger partial charge in [0.1, 0.15) is 0 Å². The van der Waals surface area contributed by atoms with Gasteiger partial charge in [-0.3, -0.25) is 4.79 Å². The molecule has 0 saturated heterocycles. The predicted molar refractivity (Wildman–Crippen MR) is 71.4 cm³/mol. The van der Waals surface area contributed by atoms with Crippen LogP contribution in [0.5, 0.6) is 0 Å². The van der Waals surface area contributed by atoms with Gasteiger partial charge in [0, 0.05) is 0 Å². The largest absolute Gasteiger partial charge is 0.290 e. The van der Waals surface area contributed by atoms with Crippen LogP contribution in [0.25, 0.3) is 0 Å². The monoisotopic (exact) mass is 218 g/mol. The fraction of sp³-hybridized carbons (Fsp3) is 0.400. The molecule has 0 N–H and O–H groups in total. The zero-order valence-electron chi connectivity index (χ0n) is 10.8. The number of allylic oxidation sites excluding steroid dienone is 7. The molecule has 0 aliphatic carbocycles. The molecule has 0 aromatic carbocycles. The first-order chi connectivity index (χ1) is 7.43. The normalized spacial score (nSPS) is 11.6. The molecule has 0 radical (unpaired) electrons. The van der Waals surface area contributed by atoms with Crippen LogP contribution in [0.3, 0.4) is 0 Å². The number of carbonyl (C=O) groups is 1. The summed E-state index contributed by atoms with van der Waals surface area (Å²) in [6, 6.07) is 0. The molecule has 0 aliphatic rings. The standard InChI is InChI=1S/C15H22O/c1-12(2)8-6-9-14(5)10-7-11-15(16)13(3)4/h7-8,10-11H,3,6,9H2,1-2,4-5H3/b11-7+,14-10+. The maximum absolute atomic E-state index is 11.2. The van der Waals surface area contributed by atoms with E-state index in [0.717, 1.165) is 12.8 Å². The van der Waals surface area contributed by atoms with Gasteiger partial charge in [-0.15, -0.1) is 0 Å². The summed E-state index contributed by atoms with van der Waals surface area (Å²) >= 11 is 0. The van der Waals surface area contributed by atoms with Crippen LogP contribution in [0.15, 0.2) is 47.6 Å².